The lowest BCUT2D eigenvalue weighted by Crippen LogP contribution is -2.32. The van der Waals surface area contributed by atoms with Crippen LogP contribution in [-0.4, -0.2) is 19.2 Å². The predicted molar refractivity (Wildman–Crippen MR) is 64.4 cm³/mol. The molecule has 0 saturated heterocycles. The highest BCUT2D eigenvalue weighted by molar-refractivity contribution is 5.27. The number of hydrogen-bond donors (Lipinski definition) is 1. The Morgan fingerprint density at radius 3 is 2.50 bits per heavy atom. The molecule has 0 aromatic heterocycles. The van der Waals surface area contributed by atoms with Gasteiger partial charge in [-0.25, -0.2) is 0 Å². The van der Waals surface area contributed by atoms with Gasteiger partial charge < -0.3 is 4.74 Å². The topological polar surface area (TPSA) is 45.0 Å². The van der Waals surface area contributed by atoms with Crippen LogP contribution in [0.2, 0.25) is 0 Å². The van der Waals surface area contributed by atoms with Crippen LogP contribution in [0.3, 0.4) is 0 Å². The van der Waals surface area contributed by atoms with Gasteiger partial charge in [0.15, 0.2) is 0 Å². The minimum atomic E-state index is -0.240. The van der Waals surface area contributed by atoms with Crippen LogP contribution in [0.4, 0.5) is 0 Å². The molecule has 0 heterocycles. The summed E-state index contributed by atoms with van der Waals surface area (Å²) in [6.45, 7) is 5.25. The Hall–Kier alpha value is -1.53. The molecule has 1 aromatic rings. The van der Waals surface area contributed by atoms with Gasteiger partial charge in [0.25, 0.3) is 0 Å². The van der Waals surface area contributed by atoms with Crippen LogP contribution < -0.4 is 10.1 Å². The molecule has 1 N–H and O–H groups in total. The van der Waals surface area contributed by atoms with E-state index in [0.717, 1.165) is 18.7 Å². The van der Waals surface area contributed by atoms with Crippen molar-refractivity contribution in [3.8, 4) is 11.8 Å². The summed E-state index contributed by atoms with van der Waals surface area (Å²) in [6, 6.07) is 9.90. The molecule has 0 saturated carbocycles. The zero-order chi connectivity index (χ0) is 11.8. The molecule has 3 heteroatoms. The van der Waals surface area contributed by atoms with Crippen molar-refractivity contribution >= 4 is 0 Å². The van der Waals surface area contributed by atoms with Crippen LogP contribution in [0.5, 0.6) is 5.75 Å². The minimum absolute atomic E-state index is 0.240. The van der Waals surface area contributed by atoms with Crippen molar-refractivity contribution in [2.75, 3.05) is 13.2 Å². The third kappa shape index (κ3) is 3.92. The number of nitriles is 1. The SMILES string of the molecule is CCNC(C#N)COc1ccc(CC)cc1. The van der Waals surface area contributed by atoms with Crippen LogP contribution in [0.25, 0.3) is 0 Å². The molecule has 0 radical (unpaired) electrons. The number of likely N-dealkylation sites (N-methyl/N-ethyl adjacent to an activating group) is 1. The molecule has 3 nitrogen and oxygen atoms in total. The fourth-order valence-electron chi connectivity index (χ4n) is 1.39. The minimum Gasteiger partial charge on any atom is -0.491 e. The monoisotopic (exact) mass is 218 g/mol. The summed E-state index contributed by atoms with van der Waals surface area (Å²) in [4.78, 5) is 0. The van der Waals surface area contributed by atoms with Gasteiger partial charge in [-0.1, -0.05) is 26.0 Å². The molecule has 0 amide bonds. The Kier molecular flexibility index (Phi) is 5.38. The first-order valence-electron chi connectivity index (χ1n) is 5.64. The van der Waals surface area contributed by atoms with Gasteiger partial charge in [-0.05, 0) is 30.7 Å². The first-order valence-corrected chi connectivity index (χ1v) is 5.64. The van der Waals surface area contributed by atoms with Gasteiger partial charge >= 0.3 is 0 Å². The number of nitrogens with zero attached hydrogens (tertiary/aromatic N) is 1. The Labute approximate surface area is 97.0 Å². The van der Waals surface area contributed by atoms with Crippen molar-refractivity contribution in [2.24, 2.45) is 0 Å². The quantitative estimate of drug-likeness (QED) is 0.795. The van der Waals surface area contributed by atoms with E-state index in [2.05, 4.69) is 18.3 Å². The summed E-state index contributed by atoms with van der Waals surface area (Å²) in [6.07, 6.45) is 1.03. The lowest BCUT2D eigenvalue weighted by atomic mass is 10.2. The number of benzene rings is 1. The molecule has 1 unspecified atom stereocenters. The van der Waals surface area contributed by atoms with Gasteiger partial charge in [-0.2, -0.15) is 5.26 Å². The van der Waals surface area contributed by atoms with Crippen molar-refractivity contribution in [1.29, 1.82) is 5.26 Å². The van der Waals surface area contributed by atoms with Crippen molar-refractivity contribution < 1.29 is 4.74 Å². The molecule has 0 bridgehead atoms. The van der Waals surface area contributed by atoms with Crippen molar-refractivity contribution in [2.45, 2.75) is 26.3 Å². The van der Waals surface area contributed by atoms with Gasteiger partial charge in [-0.15, -0.1) is 0 Å². The number of rotatable bonds is 6. The first kappa shape index (κ1) is 12.5. The van der Waals surface area contributed by atoms with Crippen LogP contribution in [0.1, 0.15) is 19.4 Å². The molecule has 0 spiro atoms. The molecular weight excluding hydrogens is 200 g/mol. The smallest absolute Gasteiger partial charge is 0.130 e. The largest absolute Gasteiger partial charge is 0.491 e. The van der Waals surface area contributed by atoms with E-state index < -0.39 is 0 Å². The van der Waals surface area contributed by atoms with Gasteiger partial charge in [0.2, 0.25) is 0 Å². The highest BCUT2D eigenvalue weighted by atomic mass is 16.5. The van der Waals surface area contributed by atoms with Crippen LogP contribution in [-0.2, 0) is 6.42 Å². The summed E-state index contributed by atoms with van der Waals surface area (Å²) >= 11 is 0. The Balaban J connectivity index is 2.44. The van der Waals surface area contributed by atoms with Crippen LogP contribution >= 0.6 is 0 Å². The number of hydrogen-bond acceptors (Lipinski definition) is 3. The predicted octanol–water partition coefficient (Wildman–Crippen LogP) is 2.13. The summed E-state index contributed by atoms with van der Waals surface area (Å²) in [5.74, 6) is 0.815. The standard InChI is InChI=1S/C13H18N2O/c1-3-11-5-7-13(8-6-11)16-10-12(9-14)15-4-2/h5-8,12,15H,3-4,10H2,1-2H3. The normalized spacial score (nSPS) is 11.8. The zero-order valence-electron chi connectivity index (χ0n) is 9.86. The Bertz CT molecular complexity index is 340. The third-order valence-electron chi connectivity index (χ3n) is 2.35. The van der Waals surface area contributed by atoms with E-state index in [1.165, 1.54) is 5.56 Å². The van der Waals surface area contributed by atoms with E-state index in [-0.39, 0.29) is 6.04 Å². The third-order valence-corrected chi connectivity index (χ3v) is 2.35. The number of ether oxygens (including phenoxy) is 1. The van der Waals surface area contributed by atoms with E-state index in [4.69, 9.17) is 10.00 Å². The van der Waals surface area contributed by atoms with Gasteiger partial charge in [-0.3, -0.25) is 5.32 Å². The number of nitrogens with one attached hydrogen (secondary N) is 1. The van der Waals surface area contributed by atoms with E-state index in [9.17, 15) is 0 Å². The van der Waals surface area contributed by atoms with Gasteiger partial charge in [0.1, 0.15) is 18.4 Å². The van der Waals surface area contributed by atoms with Gasteiger partial charge in [0, 0.05) is 0 Å². The molecule has 0 fully saturated rings. The van der Waals surface area contributed by atoms with E-state index in [0.29, 0.717) is 6.61 Å². The molecule has 16 heavy (non-hydrogen) atoms. The summed E-state index contributed by atoms with van der Waals surface area (Å²) in [5.41, 5.74) is 1.29. The van der Waals surface area contributed by atoms with Crippen LogP contribution in [0.15, 0.2) is 24.3 Å². The van der Waals surface area contributed by atoms with Crippen molar-refractivity contribution in [1.82, 2.24) is 5.32 Å². The average molecular weight is 218 g/mol. The molecule has 1 rings (SSSR count). The highest BCUT2D eigenvalue weighted by Crippen LogP contribution is 2.12. The molecule has 0 aliphatic heterocycles. The van der Waals surface area contributed by atoms with Crippen LogP contribution in [0, 0.1) is 11.3 Å². The molecule has 0 aliphatic rings. The van der Waals surface area contributed by atoms with Crippen molar-refractivity contribution in [3.63, 3.8) is 0 Å². The molecule has 0 aliphatic carbocycles. The zero-order valence-corrected chi connectivity index (χ0v) is 9.86. The van der Waals surface area contributed by atoms with Gasteiger partial charge in [0.05, 0.1) is 6.07 Å². The molecule has 1 atom stereocenters. The highest BCUT2D eigenvalue weighted by Gasteiger charge is 2.05. The van der Waals surface area contributed by atoms with E-state index in [1.54, 1.807) is 0 Å². The maximum absolute atomic E-state index is 8.82. The van der Waals surface area contributed by atoms with Crippen molar-refractivity contribution in [3.05, 3.63) is 29.8 Å². The average Bonchev–Trinajstić information content (AvgIpc) is 2.35. The molecule has 86 valence electrons. The number of aryl methyl sites for hydroxylation is 1. The lowest BCUT2D eigenvalue weighted by molar-refractivity contribution is 0.291. The van der Waals surface area contributed by atoms with E-state index in [1.807, 2.05) is 31.2 Å². The van der Waals surface area contributed by atoms with E-state index >= 15 is 0 Å². The fraction of sp³-hybridized carbons (Fsp3) is 0.462. The maximum Gasteiger partial charge on any atom is 0.130 e. The molecule has 1 aromatic carbocycles. The Morgan fingerprint density at radius 2 is 2.00 bits per heavy atom. The fourth-order valence-corrected chi connectivity index (χ4v) is 1.39. The summed E-state index contributed by atoms with van der Waals surface area (Å²) < 4.78 is 5.53. The second-order valence-corrected chi connectivity index (χ2v) is 3.55. The second kappa shape index (κ2) is 6.86. The lowest BCUT2D eigenvalue weighted by Gasteiger charge is -2.11. The molecular formula is C13H18N2O. The Morgan fingerprint density at radius 1 is 1.31 bits per heavy atom. The maximum atomic E-state index is 8.82. The summed E-state index contributed by atoms with van der Waals surface area (Å²) in [5, 5.41) is 11.9. The second-order valence-electron chi connectivity index (χ2n) is 3.55. The first-order chi connectivity index (χ1) is 7.80. The summed E-state index contributed by atoms with van der Waals surface area (Å²) in [7, 11) is 0.